The maximum atomic E-state index is 13.8. The molecule has 8 heteroatoms. The molecule has 2 aromatic heterocycles. The number of nitrogens with zero attached hydrogens (tertiary/aromatic N) is 3. The van der Waals surface area contributed by atoms with Gasteiger partial charge in [0.05, 0.1) is 23.8 Å². The molecule has 1 N–H and O–H groups in total. The highest BCUT2D eigenvalue weighted by Gasteiger charge is 2.14. The molecule has 3 aromatic carbocycles. The number of amides is 1. The zero-order valence-corrected chi connectivity index (χ0v) is 20.8. The highest BCUT2D eigenvalue weighted by Crippen LogP contribution is 2.29. The zero-order chi connectivity index (χ0) is 24.9. The molecule has 0 atom stereocenters. The Labute approximate surface area is 217 Å². The monoisotopic (exact) mass is 516 g/mol. The molecule has 0 unspecified atom stereocenters. The number of hydrogen-bond acceptors (Lipinski definition) is 4. The number of thioether (sulfide) groups is 1. The van der Waals surface area contributed by atoms with Gasteiger partial charge >= 0.3 is 0 Å². The van der Waals surface area contributed by atoms with Crippen molar-refractivity contribution in [3.63, 3.8) is 0 Å². The lowest BCUT2D eigenvalue weighted by atomic mass is 10.1. The van der Waals surface area contributed by atoms with Crippen LogP contribution in [0.3, 0.4) is 0 Å². The fraction of sp³-hybridized carbons (Fsp3) is 0.107. The molecule has 0 radical (unpaired) electrons. The summed E-state index contributed by atoms with van der Waals surface area (Å²) in [6.07, 6.45) is 3.54. The van der Waals surface area contributed by atoms with Gasteiger partial charge in [0, 0.05) is 34.6 Å². The Balaban J connectivity index is 1.31. The number of nitrogens with one attached hydrogen (secondary N) is 1. The summed E-state index contributed by atoms with van der Waals surface area (Å²) in [5.41, 5.74) is 4.84. The SMILES string of the molecule is O=C(NCc1ccccc1F)c1ccc(Cn2c(SCc3ccccc3Cl)nc3ccncc32)cc1. The second-order valence-corrected chi connectivity index (χ2v) is 9.55. The minimum Gasteiger partial charge on any atom is -0.348 e. The Hall–Kier alpha value is -3.68. The van der Waals surface area contributed by atoms with E-state index < -0.39 is 0 Å². The molecule has 5 aromatic rings. The van der Waals surface area contributed by atoms with Crippen molar-refractivity contribution in [2.45, 2.75) is 24.0 Å². The lowest BCUT2D eigenvalue weighted by Gasteiger charge is -2.11. The molecule has 0 bridgehead atoms. The third-order valence-electron chi connectivity index (χ3n) is 5.78. The molecule has 0 saturated carbocycles. The number of imidazole rings is 1. The Morgan fingerprint density at radius 3 is 2.50 bits per heavy atom. The van der Waals surface area contributed by atoms with Gasteiger partial charge in [0.1, 0.15) is 5.82 Å². The van der Waals surface area contributed by atoms with Crippen molar-refractivity contribution in [1.29, 1.82) is 0 Å². The summed E-state index contributed by atoms with van der Waals surface area (Å²) in [5.74, 6) is 0.105. The molecule has 2 heterocycles. The molecule has 0 aliphatic heterocycles. The van der Waals surface area contributed by atoms with E-state index in [9.17, 15) is 9.18 Å². The van der Waals surface area contributed by atoms with Gasteiger partial charge in [0.2, 0.25) is 0 Å². The van der Waals surface area contributed by atoms with Crippen molar-refractivity contribution >= 4 is 40.3 Å². The van der Waals surface area contributed by atoms with Gasteiger partial charge in [-0.2, -0.15) is 0 Å². The van der Waals surface area contributed by atoms with E-state index in [1.807, 2.05) is 48.7 Å². The predicted octanol–water partition coefficient (Wildman–Crippen LogP) is 6.49. The maximum absolute atomic E-state index is 13.8. The van der Waals surface area contributed by atoms with Gasteiger partial charge in [0.15, 0.2) is 5.16 Å². The van der Waals surface area contributed by atoms with Crippen LogP contribution in [0.5, 0.6) is 0 Å². The summed E-state index contributed by atoms with van der Waals surface area (Å²) >= 11 is 7.96. The largest absolute Gasteiger partial charge is 0.348 e. The van der Waals surface area contributed by atoms with Crippen LogP contribution < -0.4 is 5.32 Å². The van der Waals surface area contributed by atoms with Crippen molar-refractivity contribution in [3.05, 3.63) is 124 Å². The number of pyridine rings is 1. The first-order valence-electron chi connectivity index (χ1n) is 11.4. The summed E-state index contributed by atoms with van der Waals surface area (Å²) in [4.78, 5) is 21.6. The van der Waals surface area contributed by atoms with E-state index in [4.69, 9.17) is 16.6 Å². The van der Waals surface area contributed by atoms with E-state index in [1.165, 1.54) is 6.07 Å². The smallest absolute Gasteiger partial charge is 0.251 e. The summed E-state index contributed by atoms with van der Waals surface area (Å²) in [6, 6.07) is 23.5. The van der Waals surface area contributed by atoms with Crippen LogP contribution in [-0.2, 0) is 18.8 Å². The molecule has 36 heavy (non-hydrogen) atoms. The van der Waals surface area contributed by atoms with Gasteiger partial charge in [-0.1, -0.05) is 71.9 Å². The average Bonchev–Trinajstić information content (AvgIpc) is 3.25. The molecule has 5 rings (SSSR count). The van der Waals surface area contributed by atoms with Crippen molar-refractivity contribution in [1.82, 2.24) is 19.9 Å². The van der Waals surface area contributed by atoms with Crippen LogP contribution in [0, 0.1) is 5.82 Å². The average molecular weight is 517 g/mol. The van der Waals surface area contributed by atoms with Crippen LogP contribution in [0.1, 0.15) is 27.0 Å². The summed E-state index contributed by atoms with van der Waals surface area (Å²) in [7, 11) is 0. The number of hydrogen-bond donors (Lipinski definition) is 1. The molecule has 1 amide bonds. The van der Waals surface area contributed by atoms with Gasteiger partial charge in [-0.15, -0.1) is 0 Å². The van der Waals surface area contributed by atoms with E-state index >= 15 is 0 Å². The molecule has 5 nitrogen and oxygen atoms in total. The molecule has 180 valence electrons. The van der Waals surface area contributed by atoms with E-state index in [2.05, 4.69) is 14.9 Å². The van der Waals surface area contributed by atoms with Gasteiger partial charge in [-0.05, 0) is 41.5 Å². The van der Waals surface area contributed by atoms with Gasteiger partial charge in [0.25, 0.3) is 5.91 Å². The van der Waals surface area contributed by atoms with Crippen molar-refractivity contribution in [2.75, 3.05) is 0 Å². The van der Waals surface area contributed by atoms with E-state index in [-0.39, 0.29) is 18.3 Å². The van der Waals surface area contributed by atoms with Crippen LogP contribution in [0.2, 0.25) is 5.02 Å². The number of fused-ring (bicyclic) bond motifs is 1. The standard InChI is InChI=1S/C28H22ClFN4OS/c29-23-7-3-1-6-22(23)18-36-28-33-25-13-14-31-16-26(25)34(28)17-19-9-11-20(12-10-19)27(35)32-15-21-5-2-4-8-24(21)30/h1-14,16H,15,17-18H2,(H,32,35). The molecular weight excluding hydrogens is 495 g/mol. The van der Waals surface area contributed by atoms with E-state index in [0.717, 1.165) is 32.3 Å². The van der Waals surface area contributed by atoms with Gasteiger partial charge < -0.3 is 9.88 Å². The third-order valence-corrected chi connectivity index (χ3v) is 7.18. The van der Waals surface area contributed by atoms with Crippen molar-refractivity contribution in [3.8, 4) is 0 Å². The molecule has 0 aliphatic carbocycles. The first-order valence-corrected chi connectivity index (χ1v) is 12.7. The number of halogens is 2. The maximum Gasteiger partial charge on any atom is 0.251 e. The van der Waals surface area contributed by atoms with Crippen molar-refractivity contribution < 1.29 is 9.18 Å². The fourth-order valence-electron chi connectivity index (χ4n) is 3.83. The number of carbonyl (C=O) groups excluding carboxylic acids is 1. The zero-order valence-electron chi connectivity index (χ0n) is 19.2. The van der Waals surface area contributed by atoms with Gasteiger partial charge in [-0.3, -0.25) is 9.78 Å². The highest BCUT2D eigenvalue weighted by atomic mass is 35.5. The highest BCUT2D eigenvalue weighted by molar-refractivity contribution is 7.98. The molecule has 0 spiro atoms. The lowest BCUT2D eigenvalue weighted by Crippen LogP contribution is -2.23. The molecule has 0 saturated heterocycles. The van der Waals surface area contributed by atoms with Crippen LogP contribution in [0.4, 0.5) is 4.39 Å². The number of rotatable bonds is 8. The van der Waals surface area contributed by atoms with Crippen LogP contribution >= 0.6 is 23.4 Å². The van der Waals surface area contributed by atoms with Crippen LogP contribution in [0.15, 0.2) is 96.4 Å². The van der Waals surface area contributed by atoms with Crippen LogP contribution in [0.25, 0.3) is 11.0 Å². The first-order chi connectivity index (χ1) is 17.6. The van der Waals surface area contributed by atoms with Crippen molar-refractivity contribution in [2.24, 2.45) is 0 Å². The summed E-state index contributed by atoms with van der Waals surface area (Å²) in [5, 5.41) is 4.37. The summed E-state index contributed by atoms with van der Waals surface area (Å²) < 4.78 is 15.9. The van der Waals surface area contributed by atoms with E-state index in [1.54, 1.807) is 48.3 Å². The Morgan fingerprint density at radius 1 is 0.972 bits per heavy atom. The van der Waals surface area contributed by atoms with E-state index in [0.29, 0.717) is 23.4 Å². The normalized spacial score (nSPS) is 11.1. The predicted molar refractivity (Wildman–Crippen MR) is 142 cm³/mol. The minimum absolute atomic E-state index is 0.132. The molecule has 0 fully saturated rings. The topological polar surface area (TPSA) is 59.8 Å². The Morgan fingerprint density at radius 2 is 1.72 bits per heavy atom. The first kappa shape index (κ1) is 24.0. The minimum atomic E-state index is -0.335. The molecular formula is C28H22ClFN4OS. The quantitative estimate of drug-likeness (QED) is 0.239. The molecule has 0 aliphatic rings. The summed E-state index contributed by atoms with van der Waals surface area (Å²) in [6.45, 7) is 0.706. The lowest BCUT2D eigenvalue weighted by molar-refractivity contribution is 0.0950. The second-order valence-electron chi connectivity index (χ2n) is 8.20. The third kappa shape index (κ3) is 5.42. The Kier molecular flexibility index (Phi) is 7.30. The fourth-order valence-corrected chi connectivity index (χ4v) is 5.13. The Bertz CT molecular complexity index is 1520. The number of carbonyl (C=O) groups is 1. The number of aromatic nitrogens is 3. The number of benzene rings is 3. The van der Waals surface area contributed by atoms with Gasteiger partial charge in [-0.25, -0.2) is 9.37 Å². The second kappa shape index (κ2) is 10.9. The van der Waals surface area contributed by atoms with Crippen LogP contribution in [-0.4, -0.2) is 20.4 Å².